The van der Waals surface area contributed by atoms with Crippen LogP contribution in [0.15, 0.2) is 91.0 Å². The predicted octanol–water partition coefficient (Wildman–Crippen LogP) is 6.62. The zero-order chi connectivity index (χ0) is 26.8. The number of ether oxygens (including phenoxy) is 2. The molecular weight excluding hydrogens is 507 g/mol. The van der Waals surface area contributed by atoms with Gasteiger partial charge in [0.15, 0.2) is 0 Å². The molecule has 0 spiro atoms. The zero-order valence-corrected chi connectivity index (χ0v) is 21.4. The van der Waals surface area contributed by atoms with Crippen LogP contribution in [0.4, 0.5) is 15.8 Å². The molecule has 192 valence electrons. The van der Waals surface area contributed by atoms with Gasteiger partial charge in [0.05, 0.1) is 36.9 Å². The highest BCUT2D eigenvalue weighted by atomic mass is 35.5. The number of methoxy groups -OCH3 is 2. The molecule has 0 bridgehead atoms. The van der Waals surface area contributed by atoms with Crippen molar-refractivity contribution in [3.05, 3.63) is 119 Å². The lowest BCUT2D eigenvalue weighted by molar-refractivity contribution is -0.118. The van der Waals surface area contributed by atoms with Crippen LogP contribution in [-0.2, 0) is 4.79 Å². The molecule has 0 radical (unpaired) electrons. The third-order valence-electron chi connectivity index (χ3n) is 6.62. The maximum atomic E-state index is 14.0. The zero-order valence-electron chi connectivity index (χ0n) is 20.7. The van der Waals surface area contributed by atoms with Crippen molar-refractivity contribution in [3.63, 3.8) is 0 Å². The van der Waals surface area contributed by atoms with Gasteiger partial charge in [-0.1, -0.05) is 41.9 Å². The van der Waals surface area contributed by atoms with Crippen LogP contribution < -0.4 is 19.7 Å². The number of fused-ring (bicyclic) bond motifs is 1. The molecule has 2 amide bonds. The number of anilines is 2. The highest BCUT2D eigenvalue weighted by molar-refractivity contribution is 6.33. The minimum atomic E-state index is -0.819. The van der Waals surface area contributed by atoms with E-state index in [4.69, 9.17) is 21.1 Å². The average molecular weight is 531 g/mol. The Balaban J connectivity index is 1.68. The van der Waals surface area contributed by atoms with E-state index in [2.05, 4.69) is 5.32 Å². The van der Waals surface area contributed by atoms with E-state index in [9.17, 15) is 14.0 Å². The number of rotatable bonds is 6. The van der Waals surface area contributed by atoms with Crippen molar-refractivity contribution < 1.29 is 23.5 Å². The number of hydrogen-bond acceptors (Lipinski definition) is 4. The standard InChI is InChI=1S/C30H24ClFN2O4/c1-37-21-12-7-18(8-13-21)28-27(29(35)33-26-16-9-19(32)17-25(26)31)23-5-3-4-6-24(23)30(36)34(28)20-10-14-22(38-2)15-11-20/h3-17,27-28H,1-2H3,(H,33,35)/t27-,28-/m0/s1. The molecule has 2 atom stereocenters. The topological polar surface area (TPSA) is 67.9 Å². The molecule has 4 aromatic carbocycles. The second-order valence-corrected chi connectivity index (χ2v) is 9.18. The number of nitrogens with zero attached hydrogens (tertiary/aromatic N) is 1. The summed E-state index contributed by atoms with van der Waals surface area (Å²) in [6, 6.07) is 24.5. The summed E-state index contributed by atoms with van der Waals surface area (Å²) in [6.07, 6.45) is 0. The Labute approximate surface area is 224 Å². The fourth-order valence-electron chi connectivity index (χ4n) is 4.79. The first kappa shape index (κ1) is 25.3. The van der Waals surface area contributed by atoms with E-state index in [0.29, 0.717) is 28.3 Å². The molecule has 1 heterocycles. The third-order valence-corrected chi connectivity index (χ3v) is 6.93. The van der Waals surface area contributed by atoms with Crippen molar-refractivity contribution in [2.75, 3.05) is 24.4 Å². The highest BCUT2D eigenvalue weighted by Gasteiger charge is 2.45. The van der Waals surface area contributed by atoms with Gasteiger partial charge in [0, 0.05) is 11.3 Å². The number of carbonyl (C=O) groups is 2. The van der Waals surface area contributed by atoms with Crippen LogP contribution in [0.2, 0.25) is 5.02 Å². The van der Waals surface area contributed by atoms with Gasteiger partial charge in [-0.15, -0.1) is 0 Å². The van der Waals surface area contributed by atoms with Gasteiger partial charge in [-0.3, -0.25) is 14.5 Å². The van der Waals surface area contributed by atoms with Crippen molar-refractivity contribution in [2.45, 2.75) is 12.0 Å². The second kappa shape index (κ2) is 10.6. The summed E-state index contributed by atoms with van der Waals surface area (Å²) in [5.41, 5.74) is 2.60. The van der Waals surface area contributed by atoms with Crippen molar-refractivity contribution in [1.29, 1.82) is 0 Å². The summed E-state index contributed by atoms with van der Waals surface area (Å²) in [5.74, 6) is -0.677. The van der Waals surface area contributed by atoms with Gasteiger partial charge in [0.1, 0.15) is 17.3 Å². The Kier molecular flexibility index (Phi) is 7.03. The third kappa shape index (κ3) is 4.68. The molecule has 6 nitrogen and oxygen atoms in total. The lowest BCUT2D eigenvalue weighted by atomic mass is 9.78. The number of nitrogens with one attached hydrogen (secondary N) is 1. The summed E-state index contributed by atoms with van der Waals surface area (Å²) in [4.78, 5) is 29.6. The summed E-state index contributed by atoms with van der Waals surface area (Å²) in [6.45, 7) is 0. The monoisotopic (exact) mass is 530 g/mol. The van der Waals surface area contributed by atoms with Gasteiger partial charge < -0.3 is 14.8 Å². The van der Waals surface area contributed by atoms with E-state index >= 15 is 0 Å². The van der Waals surface area contributed by atoms with Gasteiger partial charge in [-0.25, -0.2) is 4.39 Å². The van der Waals surface area contributed by atoms with Crippen molar-refractivity contribution in [2.24, 2.45) is 0 Å². The van der Waals surface area contributed by atoms with Crippen LogP contribution in [0, 0.1) is 5.82 Å². The number of benzene rings is 4. The van der Waals surface area contributed by atoms with E-state index in [1.165, 1.54) is 12.1 Å². The molecule has 1 aliphatic rings. The van der Waals surface area contributed by atoms with E-state index in [1.807, 2.05) is 12.1 Å². The van der Waals surface area contributed by atoms with Crippen LogP contribution >= 0.6 is 11.6 Å². The number of carbonyl (C=O) groups excluding carboxylic acids is 2. The molecular formula is C30H24ClFN2O4. The van der Waals surface area contributed by atoms with Crippen LogP contribution in [0.25, 0.3) is 0 Å². The molecule has 1 N–H and O–H groups in total. The van der Waals surface area contributed by atoms with E-state index < -0.39 is 23.7 Å². The minimum Gasteiger partial charge on any atom is -0.497 e. The summed E-state index contributed by atoms with van der Waals surface area (Å²) in [5, 5.41) is 2.93. The van der Waals surface area contributed by atoms with Crippen LogP contribution in [-0.4, -0.2) is 26.0 Å². The summed E-state index contributed by atoms with van der Waals surface area (Å²) < 4.78 is 24.3. The molecule has 4 aromatic rings. The average Bonchev–Trinajstić information content (AvgIpc) is 2.94. The Morgan fingerprint density at radius 1 is 0.895 bits per heavy atom. The summed E-state index contributed by atoms with van der Waals surface area (Å²) in [7, 11) is 3.14. The largest absolute Gasteiger partial charge is 0.497 e. The number of halogens is 2. The molecule has 38 heavy (non-hydrogen) atoms. The Morgan fingerprint density at radius 3 is 2.16 bits per heavy atom. The Hall–Kier alpha value is -4.36. The normalized spacial score (nSPS) is 16.5. The first-order valence-corrected chi connectivity index (χ1v) is 12.3. The van der Waals surface area contributed by atoms with Crippen molar-refractivity contribution >= 4 is 34.8 Å². The molecule has 5 rings (SSSR count). The molecule has 0 saturated carbocycles. The minimum absolute atomic E-state index is 0.0755. The van der Waals surface area contributed by atoms with Gasteiger partial charge >= 0.3 is 0 Å². The fraction of sp³-hybridized carbons (Fsp3) is 0.133. The fourth-order valence-corrected chi connectivity index (χ4v) is 5.00. The molecule has 1 aliphatic heterocycles. The van der Waals surface area contributed by atoms with Gasteiger partial charge in [0.2, 0.25) is 5.91 Å². The Bertz CT molecular complexity index is 1490. The van der Waals surface area contributed by atoms with Crippen LogP contribution in [0.5, 0.6) is 11.5 Å². The van der Waals surface area contributed by atoms with Gasteiger partial charge in [-0.2, -0.15) is 0 Å². The smallest absolute Gasteiger partial charge is 0.259 e. The van der Waals surface area contributed by atoms with Crippen LogP contribution in [0.3, 0.4) is 0 Å². The first-order valence-electron chi connectivity index (χ1n) is 11.9. The quantitative estimate of drug-likeness (QED) is 0.304. The van der Waals surface area contributed by atoms with Crippen LogP contribution in [0.1, 0.15) is 33.4 Å². The maximum Gasteiger partial charge on any atom is 0.259 e. The lowest BCUT2D eigenvalue weighted by Crippen LogP contribution is -2.46. The molecule has 8 heteroatoms. The molecule has 0 aliphatic carbocycles. The molecule has 0 fully saturated rings. The predicted molar refractivity (Wildman–Crippen MR) is 145 cm³/mol. The SMILES string of the molecule is COc1ccc([C@H]2[C@@H](C(=O)Nc3ccc(F)cc3Cl)c3ccccc3C(=O)N2c2ccc(OC)cc2)cc1. The second-order valence-electron chi connectivity index (χ2n) is 8.77. The number of amides is 2. The van der Waals surface area contributed by atoms with E-state index in [-0.39, 0.29) is 16.6 Å². The van der Waals surface area contributed by atoms with E-state index in [1.54, 1.807) is 79.8 Å². The van der Waals surface area contributed by atoms with Crippen molar-refractivity contribution in [1.82, 2.24) is 0 Å². The molecule has 0 aromatic heterocycles. The number of hydrogen-bond donors (Lipinski definition) is 1. The molecule has 0 saturated heterocycles. The first-order chi connectivity index (χ1) is 18.4. The summed E-state index contributed by atoms with van der Waals surface area (Å²) >= 11 is 6.23. The lowest BCUT2D eigenvalue weighted by Gasteiger charge is -2.42. The van der Waals surface area contributed by atoms with Gasteiger partial charge in [0.25, 0.3) is 5.91 Å². The van der Waals surface area contributed by atoms with Crippen molar-refractivity contribution in [3.8, 4) is 11.5 Å². The van der Waals surface area contributed by atoms with E-state index in [0.717, 1.165) is 11.6 Å². The maximum absolute atomic E-state index is 14.0. The molecule has 0 unspecified atom stereocenters. The van der Waals surface area contributed by atoms with Gasteiger partial charge in [-0.05, 0) is 71.8 Å². The Morgan fingerprint density at radius 2 is 1.53 bits per heavy atom. The highest BCUT2D eigenvalue weighted by Crippen LogP contribution is 2.46.